The molecular formula is C20H18F3N5O2. The molecule has 1 fully saturated rings. The van der Waals surface area contributed by atoms with Crippen LogP contribution in [-0.4, -0.2) is 38.6 Å². The maximum Gasteiger partial charge on any atom is 0.417 e. The predicted molar refractivity (Wildman–Crippen MR) is 99.3 cm³/mol. The van der Waals surface area contributed by atoms with E-state index in [1.807, 2.05) is 24.3 Å². The van der Waals surface area contributed by atoms with Crippen molar-refractivity contribution in [3.63, 3.8) is 0 Å². The van der Waals surface area contributed by atoms with Crippen molar-refractivity contribution in [1.82, 2.24) is 24.8 Å². The maximum absolute atomic E-state index is 13.0. The Bertz CT molecular complexity index is 1130. The van der Waals surface area contributed by atoms with E-state index in [4.69, 9.17) is 4.74 Å². The van der Waals surface area contributed by atoms with Crippen molar-refractivity contribution in [2.24, 2.45) is 0 Å². The Morgan fingerprint density at radius 3 is 2.87 bits per heavy atom. The van der Waals surface area contributed by atoms with Crippen molar-refractivity contribution in [3.05, 3.63) is 65.1 Å². The molecule has 2 aromatic heterocycles. The van der Waals surface area contributed by atoms with Gasteiger partial charge in [-0.1, -0.05) is 24.3 Å². The van der Waals surface area contributed by atoms with Gasteiger partial charge < -0.3 is 15.0 Å². The first-order chi connectivity index (χ1) is 14.4. The van der Waals surface area contributed by atoms with E-state index >= 15 is 0 Å². The summed E-state index contributed by atoms with van der Waals surface area (Å²) in [5, 5.41) is 10.5. The number of carbonyl (C=O) groups is 1. The number of hydrogen-bond donors (Lipinski definition) is 1. The van der Waals surface area contributed by atoms with Crippen LogP contribution >= 0.6 is 0 Å². The normalized spacial score (nSPS) is 20.8. The van der Waals surface area contributed by atoms with Crippen LogP contribution in [0.1, 0.15) is 28.9 Å². The summed E-state index contributed by atoms with van der Waals surface area (Å²) in [5.41, 5.74) is 1.24. The smallest absolute Gasteiger partial charge is 0.364 e. The number of rotatable bonds is 2. The van der Waals surface area contributed by atoms with Gasteiger partial charge in [-0.05, 0) is 23.3 Å². The van der Waals surface area contributed by atoms with E-state index in [0.29, 0.717) is 26.1 Å². The van der Waals surface area contributed by atoms with Crippen LogP contribution in [0, 0.1) is 0 Å². The van der Waals surface area contributed by atoms with Gasteiger partial charge in [-0.15, -0.1) is 10.2 Å². The molecule has 2 aliphatic rings. The van der Waals surface area contributed by atoms with Crippen molar-refractivity contribution in [1.29, 1.82) is 0 Å². The number of halogens is 3. The van der Waals surface area contributed by atoms with Gasteiger partial charge in [0.1, 0.15) is 5.60 Å². The van der Waals surface area contributed by atoms with Crippen molar-refractivity contribution in [2.75, 3.05) is 13.1 Å². The van der Waals surface area contributed by atoms with Gasteiger partial charge in [0.25, 0.3) is 0 Å². The number of urea groups is 1. The highest BCUT2D eigenvalue weighted by molar-refractivity contribution is 5.74. The molecule has 10 heteroatoms. The summed E-state index contributed by atoms with van der Waals surface area (Å²) in [7, 11) is 0. The Morgan fingerprint density at radius 2 is 2.03 bits per heavy atom. The summed E-state index contributed by atoms with van der Waals surface area (Å²) < 4.78 is 46.2. The molecule has 2 aliphatic heterocycles. The van der Waals surface area contributed by atoms with Gasteiger partial charge in [0, 0.05) is 19.2 Å². The molecule has 1 N–H and O–H groups in total. The fourth-order valence-electron chi connectivity index (χ4n) is 4.17. The predicted octanol–water partition coefficient (Wildman–Crippen LogP) is 3.09. The van der Waals surface area contributed by atoms with Crippen LogP contribution in [-0.2, 0) is 29.7 Å². The second-order valence-corrected chi connectivity index (χ2v) is 7.53. The third-order valence-electron chi connectivity index (χ3n) is 5.73. The summed E-state index contributed by atoms with van der Waals surface area (Å²) in [4.78, 5) is 14.3. The minimum absolute atomic E-state index is 0.0394. The molecule has 1 aromatic carbocycles. The Labute approximate surface area is 169 Å². The van der Waals surface area contributed by atoms with E-state index in [9.17, 15) is 18.0 Å². The first kappa shape index (κ1) is 18.9. The van der Waals surface area contributed by atoms with Gasteiger partial charge in [-0.2, -0.15) is 13.2 Å². The number of pyridine rings is 1. The minimum Gasteiger partial charge on any atom is -0.364 e. The molecule has 1 spiro atoms. The average Bonchev–Trinajstić information content (AvgIpc) is 3.44. The zero-order chi connectivity index (χ0) is 20.9. The highest BCUT2D eigenvalue weighted by atomic mass is 19.4. The van der Waals surface area contributed by atoms with E-state index in [-0.39, 0.29) is 24.0 Å². The second kappa shape index (κ2) is 6.69. The zero-order valence-electron chi connectivity index (χ0n) is 15.8. The van der Waals surface area contributed by atoms with Crippen molar-refractivity contribution >= 4 is 11.7 Å². The number of likely N-dealkylation sites (tertiary alicyclic amines) is 1. The van der Waals surface area contributed by atoms with Crippen LogP contribution in [0.15, 0.2) is 42.6 Å². The summed E-state index contributed by atoms with van der Waals surface area (Å²) in [6, 6.07) is 9.87. The van der Waals surface area contributed by atoms with Crippen LogP contribution < -0.4 is 5.32 Å². The van der Waals surface area contributed by atoms with E-state index in [2.05, 4.69) is 15.5 Å². The molecule has 1 unspecified atom stereocenters. The molecule has 156 valence electrons. The molecule has 5 rings (SSSR count). The lowest BCUT2D eigenvalue weighted by atomic mass is 9.92. The summed E-state index contributed by atoms with van der Waals surface area (Å²) in [6.07, 6.45) is -2.84. The number of carbonyl (C=O) groups excluding carboxylic acids is 1. The van der Waals surface area contributed by atoms with E-state index in [0.717, 1.165) is 23.4 Å². The third-order valence-corrected chi connectivity index (χ3v) is 5.73. The van der Waals surface area contributed by atoms with Gasteiger partial charge in [0.05, 0.1) is 25.3 Å². The number of ether oxygens (including phenoxy) is 1. The number of nitrogens with zero attached hydrogens (tertiary/aromatic N) is 4. The molecule has 2 amide bonds. The Kier molecular flexibility index (Phi) is 4.21. The molecule has 30 heavy (non-hydrogen) atoms. The number of amides is 2. The number of hydrogen-bond acceptors (Lipinski definition) is 4. The average molecular weight is 417 g/mol. The largest absolute Gasteiger partial charge is 0.417 e. The number of alkyl halides is 3. The molecular weight excluding hydrogens is 399 g/mol. The minimum atomic E-state index is -4.47. The van der Waals surface area contributed by atoms with Gasteiger partial charge >= 0.3 is 12.2 Å². The first-order valence-corrected chi connectivity index (χ1v) is 9.52. The lowest BCUT2D eigenvalue weighted by molar-refractivity contribution is -0.137. The maximum atomic E-state index is 13.0. The van der Waals surface area contributed by atoms with Crippen LogP contribution in [0.25, 0.3) is 5.65 Å². The first-order valence-electron chi connectivity index (χ1n) is 9.52. The zero-order valence-corrected chi connectivity index (χ0v) is 15.8. The van der Waals surface area contributed by atoms with E-state index in [1.165, 1.54) is 10.5 Å². The van der Waals surface area contributed by atoms with Gasteiger partial charge in [-0.3, -0.25) is 4.40 Å². The number of aromatic nitrogens is 3. The van der Waals surface area contributed by atoms with Crippen LogP contribution in [0.4, 0.5) is 18.0 Å². The molecule has 0 aliphatic carbocycles. The topological polar surface area (TPSA) is 71.8 Å². The highest BCUT2D eigenvalue weighted by Crippen LogP contribution is 2.43. The summed E-state index contributed by atoms with van der Waals surface area (Å²) in [5.74, 6) is 0.223. The summed E-state index contributed by atoms with van der Waals surface area (Å²) in [6.45, 7) is 1.44. The monoisotopic (exact) mass is 417 g/mol. The van der Waals surface area contributed by atoms with Crippen molar-refractivity contribution in [2.45, 2.75) is 31.3 Å². The highest BCUT2D eigenvalue weighted by Gasteiger charge is 2.46. The Balaban J connectivity index is 1.28. The number of benzene rings is 1. The number of fused-ring (bicyclic) bond motifs is 3. The molecule has 0 bridgehead atoms. The standard InChI is InChI=1S/C20H18F3N5O2/c21-20(22,23)14-5-6-16-25-26-17(28(16)10-14)9-24-18(29)27-8-7-19(12-27)15-4-2-1-3-13(15)11-30-19/h1-6,10H,7-9,11-12H2,(H,24,29). The van der Waals surface area contributed by atoms with Crippen LogP contribution in [0.2, 0.25) is 0 Å². The molecule has 1 atom stereocenters. The fourth-order valence-corrected chi connectivity index (χ4v) is 4.17. The molecule has 1 saturated heterocycles. The van der Waals surface area contributed by atoms with Crippen LogP contribution in [0.5, 0.6) is 0 Å². The van der Waals surface area contributed by atoms with E-state index in [1.54, 1.807) is 4.90 Å². The van der Waals surface area contributed by atoms with Crippen molar-refractivity contribution < 1.29 is 22.7 Å². The van der Waals surface area contributed by atoms with Gasteiger partial charge in [0.15, 0.2) is 11.5 Å². The lowest BCUT2D eigenvalue weighted by Gasteiger charge is -2.24. The van der Waals surface area contributed by atoms with Crippen molar-refractivity contribution in [3.8, 4) is 0 Å². The Hall–Kier alpha value is -3.14. The van der Waals surface area contributed by atoms with Crippen LogP contribution in [0.3, 0.4) is 0 Å². The quantitative estimate of drug-likeness (QED) is 0.696. The molecule has 0 saturated carbocycles. The molecule has 3 aromatic rings. The lowest BCUT2D eigenvalue weighted by Crippen LogP contribution is -2.40. The Morgan fingerprint density at radius 1 is 1.20 bits per heavy atom. The third kappa shape index (κ3) is 3.07. The molecule has 7 nitrogen and oxygen atoms in total. The SMILES string of the molecule is O=C(NCc1nnc2ccc(C(F)(F)F)cn12)N1CCC2(C1)OCc1ccccc12. The van der Waals surface area contributed by atoms with Gasteiger partial charge in [0.2, 0.25) is 0 Å². The number of nitrogens with one attached hydrogen (secondary N) is 1. The molecule has 4 heterocycles. The van der Waals surface area contributed by atoms with Gasteiger partial charge in [-0.25, -0.2) is 4.79 Å². The second-order valence-electron chi connectivity index (χ2n) is 7.53. The molecule has 0 radical (unpaired) electrons. The fraction of sp³-hybridized carbons (Fsp3) is 0.350. The summed E-state index contributed by atoms with van der Waals surface area (Å²) >= 11 is 0. The van der Waals surface area contributed by atoms with E-state index < -0.39 is 17.3 Å².